The average molecular weight is 567 g/mol. The van der Waals surface area contributed by atoms with E-state index in [4.69, 9.17) is 11.6 Å². The van der Waals surface area contributed by atoms with Crippen LogP contribution in [0.4, 0.5) is 74.6 Å². The summed E-state index contributed by atoms with van der Waals surface area (Å²) < 4.78 is 226. The second-order valence-electron chi connectivity index (χ2n) is 6.28. The molecule has 0 bridgehead atoms. The third-order valence-electron chi connectivity index (χ3n) is 3.84. The zero-order chi connectivity index (χ0) is 28.0. The lowest BCUT2D eigenvalue weighted by Crippen LogP contribution is -2.74. The maximum atomic E-state index is 13.6. The van der Waals surface area contributed by atoms with E-state index < -0.39 is 72.0 Å². The van der Waals surface area contributed by atoms with Crippen LogP contribution in [-0.2, 0) is 9.53 Å². The molecule has 0 aromatic carbocycles. The maximum Gasteiger partial charge on any atom is 0.460 e. The molecule has 0 saturated carbocycles. The SMILES string of the molecule is C=CC(=O)OCC(Cl)CC(F)(F)C(F)(F)C(F)(F)C(F)(F)C(F)(F)C(F)(F)C(F)(F)C(F)(F)F. The van der Waals surface area contributed by atoms with Crippen molar-refractivity contribution in [3.63, 3.8) is 0 Å². The lowest BCUT2D eigenvalue weighted by Gasteiger charge is -2.43. The van der Waals surface area contributed by atoms with Crippen LogP contribution in [0.2, 0.25) is 0 Å². The summed E-state index contributed by atoms with van der Waals surface area (Å²) in [5, 5.41) is -2.66. The molecular formula is C14H8ClF17O2. The summed E-state index contributed by atoms with van der Waals surface area (Å²) in [5.41, 5.74) is 0. The predicted molar refractivity (Wildman–Crippen MR) is 76.1 cm³/mol. The van der Waals surface area contributed by atoms with Gasteiger partial charge in [-0.15, -0.1) is 11.6 Å². The van der Waals surface area contributed by atoms with Crippen molar-refractivity contribution in [2.75, 3.05) is 6.61 Å². The van der Waals surface area contributed by atoms with Crippen LogP contribution in [0.3, 0.4) is 0 Å². The smallest absolute Gasteiger partial charge is 0.460 e. The second kappa shape index (κ2) is 9.07. The van der Waals surface area contributed by atoms with E-state index >= 15 is 0 Å². The number of rotatable bonds is 11. The molecule has 1 atom stereocenters. The van der Waals surface area contributed by atoms with Crippen molar-refractivity contribution in [1.29, 1.82) is 0 Å². The van der Waals surface area contributed by atoms with E-state index in [1.165, 1.54) is 0 Å². The first-order valence-electron chi connectivity index (χ1n) is 7.74. The van der Waals surface area contributed by atoms with Crippen molar-refractivity contribution in [3.05, 3.63) is 12.7 Å². The Kier molecular flexibility index (Phi) is 8.62. The van der Waals surface area contributed by atoms with Crippen LogP contribution in [0.25, 0.3) is 0 Å². The fraction of sp³-hybridized carbons (Fsp3) is 0.786. The molecule has 0 aromatic rings. The largest absolute Gasteiger partial charge is 0.461 e. The van der Waals surface area contributed by atoms with Crippen molar-refractivity contribution in [3.8, 4) is 0 Å². The van der Waals surface area contributed by atoms with Crippen molar-refractivity contribution in [2.45, 2.75) is 59.4 Å². The van der Waals surface area contributed by atoms with Gasteiger partial charge in [0.05, 0.1) is 5.38 Å². The van der Waals surface area contributed by atoms with Gasteiger partial charge in [0.25, 0.3) is 0 Å². The molecule has 0 radical (unpaired) electrons. The van der Waals surface area contributed by atoms with Crippen LogP contribution in [-0.4, -0.2) is 65.6 Å². The van der Waals surface area contributed by atoms with Gasteiger partial charge in [-0.2, -0.15) is 74.6 Å². The van der Waals surface area contributed by atoms with Gasteiger partial charge < -0.3 is 4.74 Å². The number of carbonyl (C=O) groups is 1. The molecule has 0 fully saturated rings. The van der Waals surface area contributed by atoms with Gasteiger partial charge in [-0.05, 0) is 0 Å². The van der Waals surface area contributed by atoms with Crippen LogP contribution in [0, 0.1) is 0 Å². The lowest BCUT2D eigenvalue weighted by atomic mass is 9.88. The monoisotopic (exact) mass is 566 g/mol. The zero-order valence-corrected chi connectivity index (χ0v) is 16.2. The molecule has 0 aliphatic heterocycles. The third kappa shape index (κ3) is 4.84. The first kappa shape index (κ1) is 32.3. The van der Waals surface area contributed by atoms with Crippen molar-refractivity contribution in [2.24, 2.45) is 0 Å². The molecule has 0 aliphatic rings. The molecule has 0 N–H and O–H groups in total. The highest BCUT2D eigenvalue weighted by Crippen LogP contribution is 2.64. The molecule has 20 heteroatoms. The number of hydrogen-bond acceptors (Lipinski definition) is 2. The Morgan fingerprint density at radius 3 is 1.32 bits per heavy atom. The Balaban J connectivity index is 6.39. The van der Waals surface area contributed by atoms with E-state index in [1.54, 1.807) is 0 Å². The van der Waals surface area contributed by atoms with Crippen LogP contribution >= 0.6 is 11.6 Å². The average Bonchev–Trinajstić information content (AvgIpc) is 2.63. The van der Waals surface area contributed by atoms with Gasteiger partial charge in [-0.3, -0.25) is 0 Å². The Morgan fingerprint density at radius 2 is 1.00 bits per heavy atom. The summed E-state index contributed by atoms with van der Waals surface area (Å²) in [6.45, 7) is 1.23. The molecule has 0 rings (SSSR count). The van der Waals surface area contributed by atoms with Crippen molar-refractivity contribution in [1.82, 2.24) is 0 Å². The van der Waals surface area contributed by atoms with E-state index in [-0.39, 0.29) is 0 Å². The van der Waals surface area contributed by atoms with E-state index in [2.05, 4.69) is 11.3 Å². The number of ether oxygens (including phenoxy) is 1. The lowest BCUT2D eigenvalue weighted by molar-refractivity contribution is -0.461. The quantitative estimate of drug-likeness (QED) is 0.120. The topological polar surface area (TPSA) is 26.3 Å². The summed E-state index contributed by atoms with van der Waals surface area (Å²) in [6.07, 6.45) is -10.4. The van der Waals surface area contributed by atoms with E-state index in [0.29, 0.717) is 6.08 Å². The van der Waals surface area contributed by atoms with E-state index in [1.807, 2.05) is 0 Å². The standard InChI is InChI=1S/C14H8ClF17O2/c1-2-6(33)34-4-5(15)3-7(16,17)8(18,19)9(20,21)10(22,23)11(24,25)12(26,27)13(28,29)14(30,31)32/h2,5H,1,3-4H2. The normalized spacial score (nSPS) is 16.3. The Bertz CT molecular complexity index is 758. The van der Waals surface area contributed by atoms with Crippen LogP contribution < -0.4 is 0 Å². The summed E-state index contributed by atoms with van der Waals surface area (Å²) in [6, 6.07) is 0. The minimum Gasteiger partial charge on any atom is -0.461 e. The van der Waals surface area contributed by atoms with Crippen LogP contribution in [0.5, 0.6) is 0 Å². The van der Waals surface area contributed by atoms with Crippen molar-refractivity contribution >= 4 is 17.6 Å². The molecule has 0 spiro atoms. The molecule has 1 unspecified atom stereocenters. The predicted octanol–water partition coefficient (Wildman–Crippen LogP) is 6.72. The number of esters is 1. The van der Waals surface area contributed by atoms with Gasteiger partial charge in [-0.25, -0.2) is 4.79 Å². The first-order valence-corrected chi connectivity index (χ1v) is 8.18. The maximum absolute atomic E-state index is 13.6. The number of carbonyl (C=O) groups excluding carboxylic acids is 1. The first-order chi connectivity index (χ1) is 14.6. The van der Waals surface area contributed by atoms with Gasteiger partial charge >= 0.3 is 53.6 Å². The van der Waals surface area contributed by atoms with E-state index in [0.717, 1.165) is 0 Å². The van der Waals surface area contributed by atoms with Gasteiger partial charge in [0, 0.05) is 12.5 Å². The van der Waals surface area contributed by atoms with Gasteiger partial charge in [0.1, 0.15) is 6.61 Å². The molecule has 0 saturated heterocycles. The van der Waals surface area contributed by atoms with Crippen LogP contribution in [0.1, 0.15) is 6.42 Å². The van der Waals surface area contributed by atoms with E-state index in [9.17, 15) is 79.4 Å². The summed E-state index contributed by atoms with van der Waals surface area (Å²) in [5.74, 6) is -58.5. The Hall–Kier alpha value is -1.69. The summed E-state index contributed by atoms with van der Waals surface area (Å²) >= 11 is 4.96. The number of alkyl halides is 18. The molecule has 0 amide bonds. The second-order valence-corrected chi connectivity index (χ2v) is 6.90. The fourth-order valence-electron chi connectivity index (χ4n) is 1.89. The molecular weight excluding hydrogens is 559 g/mol. The third-order valence-corrected chi connectivity index (χ3v) is 4.12. The van der Waals surface area contributed by atoms with Gasteiger partial charge in [0.2, 0.25) is 0 Å². The Morgan fingerprint density at radius 1 is 0.676 bits per heavy atom. The summed E-state index contributed by atoms with van der Waals surface area (Å²) in [7, 11) is 0. The minimum atomic E-state index is -8.69. The van der Waals surface area contributed by atoms with Gasteiger partial charge in [-0.1, -0.05) is 6.58 Å². The Labute approximate surface area is 181 Å². The number of hydrogen-bond donors (Lipinski definition) is 0. The highest BCUT2D eigenvalue weighted by Gasteiger charge is 2.95. The highest BCUT2D eigenvalue weighted by molar-refractivity contribution is 6.20. The van der Waals surface area contributed by atoms with Crippen molar-refractivity contribution < 1.29 is 84.2 Å². The molecule has 0 aliphatic carbocycles. The zero-order valence-electron chi connectivity index (χ0n) is 15.4. The minimum absolute atomic E-state index is 0.337. The molecule has 34 heavy (non-hydrogen) atoms. The fourth-order valence-corrected chi connectivity index (χ4v) is 2.15. The summed E-state index contributed by atoms with van der Waals surface area (Å²) in [4.78, 5) is 10.7. The molecule has 2 nitrogen and oxygen atoms in total. The highest BCUT2D eigenvalue weighted by atomic mass is 35.5. The van der Waals surface area contributed by atoms with Gasteiger partial charge in [0.15, 0.2) is 0 Å². The molecule has 202 valence electrons. The molecule has 0 heterocycles. The molecule has 0 aromatic heterocycles. The number of halogens is 18. The van der Waals surface area contributed by atoms with Crippen LogP contribution in [0.15, 0.2) is 12.7 Å².